The molecule has 5 heteroatoms. The van der Waals surface area contributed by atoms with E-state index < -0.39 is 0 Å². The van der Waals surface area contributed by atoms with Crippen LogP contribution in [0.25, 0.3) is 0 Å². The number of hydrogen-bond acceptors (Lipinski definition) is 3. The number of aromatic nitrogens is 1. The summed E-state index contributed by atoms with van der Waals surface area (Å²) in [4.78, 5) is 23.7. The van der Waals surface area contributed by atoms with Gasteiger partial charge in [-0.2, -0.15) is 0 Å². The van der Waals surface area contributed by atoms with Gasteiger partial charge in [-0.25, -0.2) is 4.39 Å². The van der Waals surface area contributed by atoms with Crippen molar-refractivity contribution in [1.82, 2.24) is 4.98 Å². The van der Waals surface area contributed by atoms with Gasteiger partial charge in [0.05, 0.1) is 11.3 Å². The van der Waals surface area contributed by atoms with Crippen LogP contribution in [0.3, 0.4) is 0 Å². The average Bonchev–Trinajstić information content (AvgIpc) is 3.20. The molecule has 0 saturated heterocycles. The van der Waals surface area contributed by atoms with Crippen LogP contribution in [0.4, 0.5) is 10.1 Å². The Bertz CT molecular complexity index is 974. The van der Waals surface area contributed by atoms with Crippen molar-refractivity contribution in [2.24, 2.45) is 0 Å². The second-order valence-corrected chi connectivity index (χ2v) is 7.34. The first-order valence-electron chi connectivity index (χ1n) is 10.8. The molecular formula is C28H41FN2O2. The predicted molar refractivity (Wildman–Crippen MR) is 140 cm³/mol. The van der Waals surface area contributed by atoms with E-state index in [1.807, 2.05) is 39.1 Å². The first-order chi connectivity index (χ1) is 15.1. The zero-order valence-corrected chi connectivity index (χ0v) is 20.6. The van der Waals surface area contributed by atoms with Crippen molar-refractivity contribution < 1.29 is 14.0 Å². The lowest BCUT2D eigenvalue weighted by Gasteiger charge is -2.06. The van der Waals surface area contributed by atoms with Crippen molar-refractivity contribution in [3.63, 3.8) is 0 Å². The molecule has 1 heterocycles. The Kier molecular flexibility index (Phi) is 16.8. The molecule has 2 aromatic carbocycles. The summed E-state index contributed by atoms with van der Waals surface area (Å²) in [6, 6.07) is 13.4. The summed E-state index contributed by atoms with van der Waals surface area (Å²) in [5.74, 6) is 0.110. The van der Waals surface area contributed by atoms with Crippen LogP contribution >= 0.6 is 0 Å². The van der Waals surface area contributed by atoms with Crippen LogP contribution in [0.5, 0.6) is 0 Å². The van der Waals surface area contributed by atoms with Gasteiger partial charge in [0.15, 0.2) is 5.78 Å². The molecule has 182 valence electrons. The van der Waals surface area contributed by atoms with Gasteiger partial charge < -0.3 is 15.1 Å². The summed E-state index contributed by atoms with van der Waals surface area (Å²) in [6.07, 6.45) is 3.54. The van der Waals surface area contributed by atoms with E-state index in [2.05, 4.69) is 35.4 Å². The average molecular weight is 457 g/mol. The topological polar surface area (TPSA) is 62.0 Å². The molecule has 0 aliphatic heterocycles. The molecule has 0 spiro atoms. The molecule has 4 nitrogen and oxygen atoms in total. The van der Waals surface area contributed by atoms with E-state index in [9.17, 15) is 14.0 Å². The second-order valence-electron chi connectivity index (χ2n) is 7.34. The minimum atomic E-state index is -0.124. The molecule has 0 amide bonds. The van der Waals surface area contributed by atoms with Gasteiger partial charge in [-0.05, 0) is 58.7 Å². The van der Waals surface area contributed by atoms with Crippen LogP contribution in [-0.4, -0.2) is 16.6 Å². The molecule has 0 unspecified atom stereocenters. The van der Waals surface area contributed by atoms with Crippen molar-refractivity contribution in [2.75, 3.05) is 5.32 Å². The molecule has 0 saturated carbocycles. The monoisotopic (exact) mass is 456 g/mol. The maximum atomic E-state index is 12.5. The highest BCUT2D eigenvalue weighted by Gasteiger charge is 2.07. The summed E-state index contributed by atoms with van der Waals surface area (Å²) in [5.41, 5.74) is 5.84. The summed E-state index contributed by atoms with van der Waals surface area (Å²) in [5, 5.41) is 3.27. The maximum absolute atomic E-state index is 12.5. The molecule has 2 N–H and O–H groups in total. The number of Topliss-reactive ketones (excluding diaryl/α,β-unsaturated/α-hetero) is 2. The lowest BCUT2D eigenvalue weighted by Crippen LogP contribution is -2.02. The van der Waals surface area contributed by atoms with Crippen molar-refractivity contribution in [1.29, 1.82) is 0 Å². The lowest BCUT2D eigenvalue weighted by atomic mass is 10.1. The normalized spacial score (nSPS) is 8.88. The molecule has 33 heavy (non-hydrogen) atoms. The Balaban J connectivity index is 0. The smallest absolute Gasteiger partial charge is 0.163 e. The lowest BCUT2D eigenvalue weighted by molar-refractivity contribution is -0.115. The third kappa shape index (κ3) is 13.7. The van der Waals surface area contributed by atoms with Crippen LogP contribution in [0.15, 0.2) is 54.9 Å². The number of aromatic amines is 1. The van der Waals surface area contributed by atoms with Crippen LogP contribution in [0.2, 0.25) is 0 Å². The fourth-order valence-corrected chi connectivity index (χ4v) is 2.62. The SMILES string of the molecule is C.CC.CC(=O)c1c[nH]cc1NCc1cccc(C)c1.CC(C)=O.Cc1ccc(F)c(C)c1. The van der Waals surface area contributed by atoms with Crippen molar-refractivity contribution in [3.8, 4) is 0 Å². The number of benzene rings is 2. The largest absolute Gasteiger partial charge is 0.379 e. The first kappa shape index (κ1) is 32.0. The zero-order chi connectivity index (χ0) is 24.7. The molecule has 1 aromatic heterocycles. The number of carbonyl (C=O) groups is 2. The molecule has 0 radical (unpaired) electrons. The van der Waals surface area contributed by atoms with Gasteiger partial charge in [0, 0.05) is 18.9 Å². The van der Waals surface area contributed by atoms with E-state index >= 15 is 0 Å². The molecule has 3 aromatic rings. The summed E-state index contributed by atoms with van der Waals surface area (Å²) < 4.78 is 12.5. The molecule has 3 rings (SSSR count). The van der Waals surface area contributed by atoms with Crippen LogP contribution in [0.1, 0.15) is 74.7 Å². The summed E-state index contributed by atoms with van der Waals surface area (Å²) in [7, 11) is 0. The molecule has 0 atom stereocenters. The Hall–Kier alpha value is -3.21. The van der Waals surface area contributed by atoms with Gasteiger partial charge in [-0.1, -0.05) is 68.8 Å². The standard InChI is InChI=1S/C14H16N2O.C8H9F.C3H6O.C2H6.CH4/c1-10-4-3-5-12(6-10)7-16-14-9-15-8-13(14)11(2)17;1-6-3-4-8(9)7(2)5-6;1-3(2)4;1-2;/h3-6,8-9,15-16H,7H2,1-2H3;3-5H,1-2H3;1-2H3;1-2H3;1H4. The maximum Gasteiger partial charge on any atom is 0.163 e. The van der Waals surface area contributed by atoms with Crippen LogP contribution in [-0.2, 0) is 11.3 Å². The van der Waals surface area contributed by atoms with Crippen LogP contribution < -0.4 is 5.32 Å². The molecule has 0 fully saturated rings. The number of H-pyrrole nitrogens is 1. The molecule has 0 aliphatic carbocycles. The highest BCUT2D eigenvalue weighted by atomic mass is 19.1. The number of carbonyl (C=O) groups excluding carboxylic acids is 2. The number of halogens is 1. The first-order valence-corrected chi connectivity index (χ1v) is 10.8. The van der Waals surface area contributed by atoms with Gasteiger partial charge in [-0.15, -0.1) is 0 Å². The predicted octanol–water partition coefficient (Wildman–Crippen LogP) is 7.84. The Morgan fingerprint density at radius 2 is 1.48 bits per heavy atom. The van der Waals surface area contributed by atoms with Gasteiger partial charge in [0.1, 0.15) is 11.6 Å². The summed E-state index contributed by atoms with van der Waals surface area (Å²) >= 11 is 0. The fraction of sp³-hybridized carbons (Fsp3) is 0.357. The van der Waals surface area contributed by atoms with Crippen LogP contribution in [0, 0.1) is 26.6 Å². The third-order valence-corrected chi connectivity index (χ3v) is 4.00. The minimum absolute atomic E-state index is 0. The Morgan fingerprint density at radius 1 is 0.909 bits per heavy atom. The number of rotatable bonds is 4. The molecular weight excluding hydrogens is 415 g/mol. The minimum Gasteiger partial charge on any atom is -0.379 e. The zero-order valence-electron chi connectivity index (χ0n) is 20.6. The third-order valence-electron chi connectivity index (χ3n) is 4.00. The van der Waals surface area contributed by atoms with Gasteiger partial charge in [0.2, 0.25) is 0 Å². The van der Waals surface area contributed by atoms with Crippen molar-refractivity contribution in [2.45, 2.75) is 69.4 Å². The fourth-order valence-electron chi connectivity index (χ4n) is 2.62. The Morgan fingerprint density at radius 3 is 1.97 bits per heavy atom. The van der Waals surface area contributed by atoms with Gasteiger partial charge >= 0.3 is 0 Å². The number of hydrogen-bond donors (Lipinski definition) is 2. The number of aryl methyl sites for hydroxylation is 3. The van der Waals surface area contributed by atoms with E-state index in [0.717, 1.165) is 23.4 Å². The highest BCUT2D eigenvalue weighted by Crippen LogP contribution is 2.16. The van der Waals surface area contributed by atoms with E-state index in [-0.39, 0.29) is 24.8 Å². The second kappa shape index (κ2) is 17.4. The van der Waals surface area contributed by atoms with E-state index in [1.54, 1.807) is 26.1 Å². The number of nitrogens with one attached hydrogen (secondary N) is 2. The quantitative estimate of drug-likeness (QED) is 0.393. The van der Waals surface area contributed by atoms with Gasteiger partial charge in [-0.3, -0.25) is 4.79 Å². The van der Waals surface area contributed by atoms with Gasteiger partial charge in [0.25, 0.3) is 0 Å². The Labute approximate surface area is 199 Å². The van der Waals surface area contributed by atoms with Crippen molar-refractivity contribution in [3.05, 3.63) is 88.5 Å². The van der Waals surface area contributed by atoms with Crippen molar-refractivity contribution >= 4 is 17.3 Å². The summed E-state index contributed by atoms with van der Waals surface area (Å²) in [6.45, 7) is 15.1. The van der Waals surface area contributed by atoms with E-state index in [1.165, 1.54) is 31.0 Å². The van der Waals surface area contributed by atoms with E-state index in [0.29, 0.717) is 5.56 Å². The van der Waals surface area contributed by atoms with E-state index in [4.69, 9.17) is 0 Å². The molecule has 0 aliphatic rings. The number of anilines is 1. The highest BCUT2D eigenvalue weighted by molar-refractivity contribution is 5.99. The molecule has 0 bridgehead atoms. The number of ketones is 2.